The molecule has 1 saturated carbocycles. The number of carbonyl (C=O) groups is 2. The molecule has 0 unspecified atom stereocenters. The van der Waals surface area contributed by atoms with E-state index in [1.807, 2.05) is 67.6 Å². The molecule has 0 spiro atoms. The highest BCUT2D eigenvalue weighted by Crippen LogP contribution is 2.47. The fraction of sp³-hybridized carbons (Fsp3) is 0.200. The number of para-hydroxylation sites is 1. The van der Waals surface area contributed by atoms with Crippen molar-refractivity contribution in [2.75, 3.05) is 11.9 Å². The van der Waals surface area contributed by atoms with Crippen LogP contribution in [-0.2, 0) is 10.2 Å². The van der Waals surface area contributed by atoms with Gasteiger partial charge < -0.3 is 15.6 Å². The number of anilines is 1. The van der Waals surface area contributed by atoms with Gasteiger partial charge in [0.25, 0.3) is 11.8 Å². The summed E-state index contributed by atoms with van der Waals surface area (Å²) >= 11 is 6.00. The summed E-state index contributed by atoms with van der Waals surface area (Å²) < 4.78 is 0. The number of benzene rings is 2. The van der Waals surface area contributed by atoms with Gasteiger partial charge in [-0.2, -0.15) is 0 Å². The van der Waals surface area contributed by atoms with Crippen LogP contribution in [0.1, 0.15) is 45.7 Å². The summed E-state index contributed by atoms with van der Waals surface area (Å²) in [5, 5.41) is 6.65. The molecule has 5 rings (SSSR count). The quantitative estimate of drug-likeness (QED) is 0.501. The first-order valence-corrected chi connectivity index (χ1v) is 10.7. The molecule has 0 bridgehead atoms. The summed E-state index contributed by atoms with van der Waals surface area (Å²) in [6, 6.07) is 17.3. The van der Waals surface area contributed by atoms with Crippen LogP contribution in [0.2, 0.25) is 5.02 Å². The minimum absolute atomic E-state index is 0.00165. The number of H-pyrrole nitrogens is 1. The molecule has 0 atom stereocenters. The highest BCUT2D eigenvalue weighted by Gasteiger charge is 2.44. The Labute approximate surface area is 185 Å². The largest absolute Gasteiger partial charge is 0.351 e. The molecule has 1 aliphatic carbocycles. The third-order valence-electron chi connectivity index (χ3n) is 6.20. The summed E-state index contributed by atoms with van der Waals surface area (Å²) in [5.41, 5.74) is 5.62. The molecular formula is C25H22ClN3O2. The molecule has 5 nitrogen and oxygen atoms in total. The van der Waals surface area contributed by atoms with Gasteiger partial charge in [0.15, 0.2) is 0 Å². The van der Waals surface area contributed by atoms with Crippen LogP contribution in [-0.4, -0.2) is 23.3 Å². The molecule has 1 aliphatic heterocycles. The summed E-state index contributed by atoms with van der Waals surface area (Å²) in [6.45, 7) is 2.51. The minimum Gasteiger partial charge on any atom is -0.351 e. The van der Waals surface area contributed by atoms with E-state index in [0.717, 1.165) is 35.3 Å². The van der Waals surface area contributed by atoms with Gasteiger partial charge in [0.05, 0.1) is 5.57 Å². The van der Waals surface area contributed by atoms with Crippen molar-refractivity contribution in [2.45, 2.75) is 25.2 Å². The number of fused-ring (bicyclic) bond motifs is 1. The van der Waals surface area contributed by atoms with Gasteiger partial charge in [-0.05, 0) is 61.2 Å². The van der Waals surface area contributed by atoms with Crippen LogP contribution < -0.4 is 10.6 Å². The number of nitrogens with one attached hydrogen (secondary N) is 3. The molecule has 3 aromatic rings. The molecule has 156 valence electrons. The van der Waals surface area contributed by atoms with Crippen molar-refractivity contribution in [3.8, 4) is 0 Å². The van der Waals surface area contributed by atoms with E-state index in [0.29, 0.717) is 22.8 Å². The van der Waals surface area contributed by atoms with Crippen molar-refractivity contribution >= 4 is 40.8 Å². The number of aromatic amines is 1. The Bertz CT molecular complexity index is 1220. The number of aryl methyl sites for hydroxylation is 1. The lowest BCUT2D eigenvalue weighted by atomic mass is 9.96. The van der Waals surface area contributed by atoms with Gasteiger partial charge in [-0.1, -0.05) is 41.9 Å². The van der Waals surface area contributed by atoms with Crippen LogP contribution in [0.3, 0.4) is 0 Å². The Kier molecular flexibility index (Phi) is 4.71. The van der Waals surface area contributed by atoms with Crippen molar-refractivity contribution < 1.29 is 9.59 Å². The SMILES string of the molecule is Cc1cc(C(=O)NCC2(c3ccc(Cl)cc3)CC2)[nH]c1C=C1C(=O)Nc2ccccc21. The van der Waals surface area contributed by atoms with E-state index in [-0.39, 0.29) is 17.2 Å². The maximum atomic E-state index is 12.8. The number of hydrogen-bond acceptors (Lipinski definition) is 2. The highest BCUT2D eigenvalue weighted by atomic mass is 35.5. The second-order valence-corrected chi connectivity index (χ2v) is 8.74. The Morgan fingerprint density at radius 2 is 1.90 bits per heavy atom. The molecule has 1 fully saturated rings. The fourth-order valence-corrected chi connectivity index (χ4v) is 4.27. The fourth-order valence-electron chi connectivity index (χ4n) is 4.14. The zero-order chi connectivity index (χ0) is 21.6. The van der Waals surface area contributed by atoms with E-state index in [1.165, 1.54) is 5.56 Å². The molecule has 2 amide bonds. The molecule has 1 aromatic heterocycles. The first kappa shape index (κ1) is 19.6. The second kappa shape index (κ2) is 7.43. The predicted octanol–water partition coefficient (Wildman–Crippen LogP) is 4.93. The van der Waals surface area contributed by atoms with Gasteiger partial charge in [-0.15, -0.1) is 0 Å². The van der Waals surface area contributed by atoms with Crippen LogP contribution in [0.25, 0.3) is 11.6 Å². The maximum Gasteiger partial charge on any atom is 0.267 e. The van der Waals surface area contributed by atoms with Crippen molar-refractivity contribution in [1.82, 2.24) is 10.3 Å². The van der Waals surface area contributed by atoms with E-state index in [4.69, 9.17) is 11.6 Å². The van der Waals surface area contributed by atoms with Crippen LogP contribution in [0, 0.1) is 6.92 Å². The number of halogens is 1. The average Bonchev–Trinajstić information content (AvgIpc) is 3.37. The zero-order valence-corrected chi connectivity index (χ0v) is 17.8. The molecule has 2 heterocycles. The minimum atomic E-state index is -0.149. The van der Waals surface area contributed by atoms with Crippen LogP contribution in [0.15, 0.2) is 54.6 Å². The van der Waals surface area contributed by atoms with Crippen molar-refractivity contribution in [1.29, 1.82) is 0 Å². The first-order valence-electron chi connectivity index (χ1n) is 10.3. The highest BCUT2D eigenvalue weighted by molar-refractivity contribution is 6.34. The molecule has 6 heteroatoms. The number of amides is 2. The van der Waals surface area contributed by atoms with E-state index < -0.39 is 0 Å². The summed E-state index contributed by atoms with van der Waals surface area (Å²) in [4.78, 5) is 28.4. The monoisotopic (exact) mass is 431 g/mol. The topological polar surface area (TPSA) is 74.0 Å². The van der Waals surface area contributed by atoms with Gasteiger partial charge in [0, 0.05) is 33.9 Å². The lowest BCUT2D eigenvalue weighted by Crippen LogP contribution is -2.32. The third-order valence-corrected chi connectivity index (χ3v) is 6.45. The molecule has 2 aliphatic rings. The summed E-state index contributed by atoms with van der Waals surface area (Å²) in [7, 11) is 0. The summed E-state index contributed by atoms with van der Waals surface area (Å²) in [6.07, 6.45) is 3.90. The third kappa shape index (κ3) is 3.66. The van der Waals surface area contributed by atoms with Gasteiger partial charge in [0.2, 0.25) is 0 Å². The van der Waals surface area contributed by atoms with Gasteiger partial charge in [-0.3, -0.25) is 9.59 Å². The second-order valence-electron chi connectivity index (χ2n) is 8.31. The van der Waals surface area contributed by atoms with E-state index in [2.05, 4.69) is 15.6 Å². The first-order chi connectivity index (χ1) is 14.9. The summed E-state index contributed by atoms with van der Waals surface area (Å²) in [5.74, 6) is -0.288. The van der Waals surface area contributed by atoms with Crippen LogP contribution in [0.5, 0.6) is 0 Å². The van der Waals surface area contributed by atoms with E-state index in [9.17, 15) is 9.59 Å². The number of carbonyl (C=O) groups excluding carboxylic acids is 2. The standard InChI is InChI=1S/C25H22ClN3O2/c1-15-12-22(24(31)27-14-25(10-11-25)16-6-8-17(26)9-7-16)28-21(15)13-19-18-4-2-3-5-20(18)29-23(19)30/h2-9,12-13,28H,10-11,14H2,1H3,(H,27,31)(H,29,30). The van der Waals surface area contributed by atoms with Crippen LogP contribution >= 0.6 is 11.6 Å². The molecule has 31 heavy (non-hydrogen) atoms. The van der Waals surface area contributed by atoms with Gasteiger partial charge in [0.1, 0.15) is 5.69 Å². The molecule has 0 radical (unpaired) electrons. The Morgan fingerprint density at radius 1 is 1.16 bits per heavy atom. The van der Waals surface area contributed by atoms with Crippen molar-refractivity contribution in [3.63, 3.8) is 0 Å². The van der Waals surface area contributed by atoms with Gasteiger partial charge >= 0.3 is 0 Å². The molecule has 0 saturated heterocycles. The average molecular weight is 432 g/mol. The smallest absolute Gasteiger partial charge is 0.267 e. The van der Waals surface area contributed by atoms with Gasteiger partial charge in [-0.25, -0.2) is 0 Å². The number of rotatable bonds is 5. The lowest BCUT2D eigenvalue weighted by molar-refractivity contribution is -0.110. The van der Waals surface area contributed by atoms with Crippen LogP contribution in [0.4, 0.5) is 5.69 Å². The lowest BCUT2D eigenvalue weighted by Gasteiger charge is -2.16. The van der Waals surface area contributed by atoms with Crippen molar-refractivity contribution in [3.05, 3.63) is 87.7 Å². The Balaban J connectivity index is 1.32. The van der Waals surface area contributed by atoms with Crippen molar-refractivity contribution in [2.24, 2.45) is 0 Å². The normalized spacial score (nSPS) is 17.4. The zero-order valence-electron chi connectivity index (χ0n) is 17.1. The predicted molar refractivity (Wildman–Crippen MR) is 123 cm³/mol. The number of aromatic nitrogens is 1. The maximum absolute atomic E-state index is 12.8. The Morgan fingerprint density at radius 3 is 2.65 bits per heavy atom. The number of hydrogen-bond donors (Lipinski definition) is 3. The molecule has 2 aromatic carbocycles. The molecular weight excluding hydrogens is 410 g/mol. The van der Waals surface area contributed by atoms with E-state index in [1.54, 1.807) is 0 Å². The molecule has 3 N–H and O–H groups in total. The Hall–Kier alpha value is -3.31. The van der Waals surface area contributed by atoms with E-state index >= 15 is 0 Å².